The summed E-state index contributed by atoms with van der Waals surface area (Å²) in [7, 11) is 0. The molecule has 2 aromatic heterocycles. The molecule has 0 atom stereocenters. The molecule has 118 valence electrons. The van der Waals surface area contributed by atoms with Crippen LogP contribution in [0.5, 0.6) is 0 Å². The predicted octanol–water partition coefficient (Wildman–Crippen LogP) is 5.46. The van der Waals surface area contributed by atoms with E-state index in [-0.39, 0.29) is 0 Å². The molecule has 0 unspecified atom stereocenters. The van der Waals surface area contributed by atoms with Crippen molar-refractivity contribution in [3.05, 3.63) is 80.8 Å². The Morgan fingerprint density at radius 1 is 0.833 bits per heavy atom. The van der Waals surface area contributed by atoms with Crippen LogP contribution in [0.15, 0.2) is 75.8 Å². The Kier molecular flexibility index (Phi) is 4.16. The molecule has 0 saturated carbocycles. The first-order chi connectivity index (χ1) is 11.6. The van der Waals surface area contributed by atoms with Crippen LogP contribution in [0.4, 0.5) is 0 Å². The van der Waals surface area contributed by atoms with Crippen molar-refractivity contribution in [2.24, 2.45) is 0 Å². The summed E-state index contributed by atoms with van der Waals surface area (Å²) >= 11 is 13.0. The Morgan fingerprint density at radius 2 is 1.50 bits per heavy atom. The Hall–Kier alpha value is -1.69. The zero-order valence-electron chi connectivity index (χ0n) is 12.3. The highest BCUT2D eigenvalue weighted by molar-refractivity contribution is 9.10. The number of halogens is 3. The SMILES string of the molecule is Clc1ccc(-c2nn(-c3ccc(Br)cc3)[n+]3cc(Br)ccc23)cc1. The number of benzene rings is 2. The van der Waals surface area contributed by atoms with Gasteiger partial charge < -0.3 is 0 Å². The molecule has 4 aromatic rings. The van der Waals surface area contributed by atoms with Gasteiger partial charge in [0.25, 0.3) is 5.69 Å². The van der Waals surface area contributed by atoms with Gasteiger partial charge in [-0.25, -0.2) is 0 Å². The van der Waals surface area contributed by atoms with Crippen molar-refractivity contribution in [2.75, 3.05) is 0 Å². The fraction of sp³-hybridized carbons (Fsp3) is 0. The van der Waals surface area contributed by atoms with Gasteiger partial charge in [0.1, 0.15) is 11.9 Å². The van der Waals surface area contributed by atoms with Crippen LogP contribution >= 0.6 is 43.5 Å². The van der Waals surface area contributed by atoms with Gasteiger partial charge in [0, 0.05) is 15.1 Å². The van der Waals surface area contributed by atoms with Gasteiger partial charge >= 0.3 is 0 Å². The largest absolute Gasteiger partial charge is 0.257 e. The van der Waals surface area contributed by atoms with Gasteiger partial charge in [-0.1, -0.05) is 27.5 Å². The zero-order valence-corrected chi connectivity index (χ0v) is 16.3. The quantitative estimate of drug-likeness (QED) is 0.361. The van der Waals surface area contributed by atoms with E-state index in [0.29, 0.717) is 5.02 Å². The van der Waals surface area contributed by atoms with Crippen molar-refractivity contribution in [1.29, 1.82) is 0 Å². The van der Waals surface area contributed by atoms with Gasteiger partial charge in [-0.05, 0) is 81.4 Å². The van der Waals surface area contributed by atoms with Crippen LogP contribution in [0.3, 0.4) is 0 Å². The van der Waals surface area contributed by atoms with E-state index in [0.717, 1.165) is 31.4 Å². The minimum Gasteiger partial charge on any atom is -0.119 e. The van der Waals surface area contributed by atoms with Crippen LogP contribution in [0, 0.1) is 0 Å². The molecule has 0 aliphatic rings. The summed E-state index contributed by atoms with van der Waals surface area (Å²) in [6, 6.07) is 19.9. The lowest BCUT2D eigenvalue weighted by molar-refractivity contribution is -0.604. The third-order valence-corrected chi connectivity index (χ3v) is 4.96. The van der Waals surface area contributed by atoms with Crippen LogP contribution in [-0.4, -0.2) is 9.90 Å². The molecule has 0 spiro atoms. The van der Waals surface area contributed by atoms with Gasteiger partial charge in [-0.3, -0.25) is 0 Å². The summed E-state index contributed by atoms with van der Waals surface area (Å²) in [5, 5.41) is 5.54. The molecular formula is C18H11Br2ClN3+. The first kappa shape index (κ1) is 15.8. The van der Waals surface area contributed by atoms with E-state index in [1.165, 1.54) is 0 Å². The number of hydrogen-bond acceptors (Lipinski definition) is 1. The van der Waals surface area contributed by atoms with E-state index in [4.69, 9.17) is 16.7 Å². The van der Waals surface area contributed by atoms with E-state index < -0.39 is 0 Å². The maximum absolute atomic E-state index is 6.01. The molecular weight excluding hydrogens is 453 g/mol. The summed E-state index contributed by atoms with van der Waals surface area (Å²) in [5.41, 5.74) is 3.92. The zero-order chi connectivity index (χ0) is 16.7. The van der Waals surface area contributed by atoms with E-state index >= 15 is 0 Å². The summed E-state index contributed by atoms with van der Waals surface area (Å²) < 4.78 is 4.05. The Morgan fingerprint density at radius 3 is 2.21 bits per heavy atom. The molecule has 6 heteroatoms. The highest BCUT2D eigenvalue weighted by Crippen LogP contribution is 2.24. The molecule has 0 N–H and O–H groups in total. The van der Waals surface area contributed by atoms with Crippen LogP contribution in [0.2, 0.25) is 5.02 Å². The Labute approximate surface area is 160 Å². The van der Waals surface area contributed by atoms with Crippen molar-refractivity contribution >= 4 is 49.0 Å². The van der Waals surface area contributed by atoms with Crippen LogP contribution < -0.4 is 4.52 Å². The van der Waals surface area contributed by atoms with Gasteiger partial charge in [0.15, 0.2) is 0 Å². The molecule has 4 rings (SSSR count). The first-order valence-corrected chi connectivity index (χ1v) is 9.20. The molecule has 0 bridgehead atoms. The second-order valence-electron chi connectivity index (χ2n) is 5.30. The Balaban J connectivity index is 1.98. The van der Waals surface area contributed by atoms with Crippen molar-refractivity contribution < 1.29 is 4.52 Å². The Bertz CT molecular complexity index is 1020. The van der Waals surface area contributed by atoms with Crippen LogP contribution in [0.25, 0.3) is 22.5 Å². The normalized spacial score (nSPS) is 11.1. The number of hydrogen-bond donors (Lipinski definition) is 0. The summed E-state index contributed by atoms with van der Waals surface area (Å²) in [4.78, 5) is 1.89. The summed E-state index contributed by atoms with van der Waals surface area (Å²) in [5.74, 6) is 0. The third-order valence-electron chi connectivity index (χ3n) is 3.71. The molecule has 2 heterocycles. The summed E-state index contributed by atoms with van der Waals surface area (Å²) in [6.07, 6.45) is 2.00. The van der Waals surface area contributed by atoms with Gasteiger partial charge in [-0.15, -0.1) is 4.52 Å². The molecule has 0 amide bonds. The average molecular weight is 465 g/mol. The molecule has 0 aliphatic heterocycles. The van der Waals surface area contributed by atoms with E-state index in [9.17, 15) is 0 Å². The molecule has 3 nitrogen and oxygen atoms in total. The van der Waals surface area contributed by atoms with Crippen LogP contribution in [0.1, 0.15) is 0 Å². The average Bonchev–Trinajstić information content (AvgIpc) is 2.95. The van der Waals surface area contributed by atoms with Crippen molar-refractivity contribution in [1.82, 2.24) is 9.90 Å². The maximum Gasteiger partial charge on any atom is 0.257 e. The van der Waals surface area contributed by atoms with Crippen molar-refractivity contribution in [2.45, 2.75) is 0 Å². The van der Waals surface area contributed by atoms with Crippen molar-refractivity contribution in [3.8, 4) is 16.9 Å². The maximum atomic E-state index is 6.01. The fourth-order valence-electron chi connectivity index (χ4n) is 2.57. The van der Waals surface area contributed by atoms with Crippen LogP contribution in [-0.2, 0) is 0 Å². The molecule has 0 aliphatic carbocycles. The lowest BCUT2D eigenvalue weighted by atomic mass is 10.1. The molecule has 24 heavy (non-hydrogen) atoms. The number of aromatic nitrogens is 3. The molecule has 0 fully saturated rings. The lowest BCUT2D eigenvalue weighted by Crippen LogP contribution is -2.32. The van der Waals surface area contributed by atoms with Gasteiger partial charge in [0.05, 0.1) is 9.57 Å². The standard InChI is InChI=1S/C18H11Br2ClN3/c19-13-3-8-16(9-4-13)24-22-18(12-1-6-15(21)7-2-12)17-10-5-14(20)11-23(17)24/h1-11H/q+1. The summed E-state index contributed by atoms with van der Waals surface area (Å²) in [6.45, 7) is 0. The monoisotopic (exact) mass is 462 g/mol. The molecule has 0 radical (unpaired) electrons. The fourth-order valence-corrected chi connectivity index (χ4v) is 3.29. The molecule has 2 aromatic carbocycles. The van der Waals surface area contributed by atoms with E-state index in [1.807, 2.05) is 70.1 Å². The highest BCUT2D eigenvalue weighted by Gasteiger charge is 2.22. The highest BCUT2D eigenvalue weighted by atomic mass is 79.9. The predicted molar refractivity (Wildman–Crippen MR) is 103 cm³/mol. The van der Waals surface area contributed by atoms with E-state index in [2.05, 4.69) is 37.9 Å². The number of nitrogens with zero attached hydrogens (tertiary/aromatic N) is 3. The smallest absolute Gasteiger partial charge is 0.119 e. The van der Waals surface area contributed by atoms with E-state index in [1.54, 1.807) is 0 Å². The van der Waals surface area contributed by atoms with Gasteiger partial charge in [-0.2, -0.15) is 0 Å². The lowest BCUT2D eigenvalue weighted by Gasteiger charge is -1.97. The minimum atomic E-state index is 0.714. The van der Waals surface area contributed by atoms with Crippen molar-refractivity contribution in [3.63, 3.8) is 0 Å². The topological polar surface area (TPSA) is 21.9 Å². The molecule has 0 saturated heterocycles. The minimum absolute atomic E-state index is 0.714. The number of rotatable bonds is 2. The third kappa shape index (κ3) is 2.88. The second kappa shape index (κ2) is 6.31. The first-order valence-electron chi connectivity index (χ1n) is 7.24. The second-order valence-corrected chi connectivity index (χ2v) is 7.57. The van der Waals surface area contributed by atoms with Gasteiger partial charge in [0.2, 0.25) is 5.52 Å². The number of pyridine rings is 1. The number of fused-ring (bicyclic) bond motifs is 1.